The predicted octanol–water partition coefficient (Wildman–Crippen LogP) is 4.86. The lowest BCUT2D eigenvalue weighted by Gasteiger charge is -2.16. The Morgan fingerprint density at radius 1 is 1.19 bits per heavy atom. The summed E-state index contributed by atoms with van der Waals surface area (Å²) >= 11 is 6.02. The number of fused-ring (bicyclic) bond motifs is 1. The second-order valence-corrected chi connectivity index (χ2v) is 6.74. The largest absolute Gasteiger partial charge is 0.384 e. The second-order valence-electron chi connectivity index (χ2n) is 6.30. The van der Waals surface area contributed by atoms with E-state index in [0.717, 1.165) is 35.1 Å². The molecule has 27 heavy (non-hydrogen) atoms. The van der Waals surface area contributed by atoms with E-state index in [0.29, 0.717) is 11.6 Å². The van der Waals surface area contributed by atoms with Gasteiger partial charge in [-0.05, 0) is 42.3 Å². The molecule has 1 heterocycles. The van der Waals surface area contributed by atoms with Gasteiger partial charge in [-0.2, -0.15) is 0 Å². The number of carbonyl (C=O) groups is 1. The Balaban J connectivity index is 1.48. The van der Waals surface area contributed by atoms with Crippen molar-refractivity contribution in [2.75, 3.05) is 25.5 Å². The zero-order valence-corrected chi connectivity index (χ0v) is 16.0. The molecule has 0 aliphatic heterocycles. The summed E-state index contributed by atoms with van der Waals surface area (Å²) in [5.74, 6) is 0.00264. The van der Waals surface area contributed by atoms with E-state index in [4.69, 9.17) is 11.6 Å². The Labute approximate surface area is 164 Å². The molecule has 3 aromatic rings. The van der Waals surface area contributed by atoms with Gasteiger partial charge < -0.3 is 10.2 Å². The van der Waals surface area contributed by atoms with Crippen LogP contribution in [0.25, 0.3) is 17.0 Å². The number of pyridine rings is 1. The van der Waals surface area contributed by atoms with Gasteiger partial charge in [0.2, 0.25) is 5.91 Å². The number of hydrogen-bond acceptors (Lipinski definition) is 3. The van der Waals surface area contributed by atoms with E-state index in [-0.39, 0.29) is 5.91 Å². The van der Waals surface area contributed by atoms with Crippen LogP contribution >= 0.6 is 11.6 Å². The molecule has 5 heteroatoms. The molecule has 2 aromatic carbocycles. The van der Waals surface area contributed by atoms with Crippen LogP contribution in [-0.2, 0) is 4.79 Å². The monoisotopic (exact) mass is 379 g/mol. The zero-order chi connectivity index (χ0) is 19.1. The van der Waals surface area contributed by atoms with E-state index in [1.807, 2.05) is 67.7 Å². The second kappa shape index (κ2) is 9.19. The summed E-state index contributed by atoms with van der Waals surface area (Å²) in [5.41, 5.74) is 2.91. The van der Waals surface area contributed by atoms with Gasteiger partial charge in [-0.1, -0.05) is 41.9 Å². The van der Waals surface area contributed by atoms with E-state index < -0.39 is 0 Å². The molecule has 0 aliphatic rings. The lowest BCUT2D eigenvalue weighted by molar-refractivity contribution is -0.124. The fourth-order valence-electron chi connectivity index (χ4n) is 2.78. The molecule has 0 saturated carbocycles. The van der Waals surface area contributed by atoms with E-state index in [1.54, 1.807) is 17.2 Å². The third-order valence-electron chi connectivity index (χ3n) is 4.28. The highest BCUT2D eigenvalue weighted by Crippen LogP contribution is 2.24. The first-order chi connectivity index (χ1) is 13.1. The van der Waals surface area contributed by atoms with E-state index in [2.05, 4.69) is 10.3 Å². The van der Waals surface area contributed by atoms with Gasteiger partial charge in [-0.15, -0.1) is 0 Å². The summed E-state index contributed by atoms with van der Waals surface area (Å²) in [6.45, 7) is 1.45. The molecule has 0 aliphatic carbocycles. The van der Waals surface area contributed by atoms with Crippen LogP contribution in [0.5, 0.6) is 0 Å². The number of nitrogens with zero attached hydrogens (tertiary/aromatic N) is 2. The molecule has 0 bridgehead atoms. The molecule has 4 nitrogen and oxygen atoms in total. The summed E-state index contributed by atoms with van der Waals surface area (Å²) in [6, 6.07) is 17.5. The Morgan fingerprint density at radius 3 is 2.81 bits per heavy atom. The van der Waals surface area contributed by atoms with Crippen LogP contribution in [0.3, 0.4) is 0 Å². The van der Waals surface area contributed by atoms with Crippen molar-refractivity contribution < 1.29 is 4.79 Å². The van der Waals surface area contributed by atoms with Gasteiger partial charge in [-0.3, -0.25) is 9.78 Å². The van der Waals surface area contributed by atoms with Gasteiger partial charge in [0.1, 0.15) is 0 Å². The highest BCUT2D eigenvalue weighted by molar-refractivity contribution is 6.31. The molecule has 1 amide bonds. The fraction of sp³-hybridized carbons (Fsp3) is 0.182. The molecular weight excluding hydrogens is 358 g/mol. The summed E-state index contributed by atoms with van der Waals surface area (Å²) in [7, 11) is 1.82. The average Bonchev–Trinajstić information content (AvgIpc) is 2.69. The Hall–Kier alpha value is -2.85. The quantitative estimate of drug-likeness (QED) is 0.471. The third-order valence-corrected chi connectivity index (χ3v) is 4.52. The highest BCUT2D eigenvalue weighted by Gasteiger charge is 2.05. The standard InChI is InChI=1S/C22H22ClN3O/c1-26(22(27)11-8-17-6-3-2-4-7-17)15-5-13-24-20-12-14-25-21-16-18(23)9-10-19(20)21/h2-4,6-12,14,16H,5,13,15H2,1H3,(H,24,25)/b11-8+. The van der Waals surface area contributed by atoms with Crippen LogP contribution < -0.4 is 5.32 Å². The molecule has 0 unspecified atom stereocenters. The van der Waals surface area contributed by atoms with Crippen LogP contribution in [-0.4, -0.2) is 35.9 Å². The first kappa shape index (κ1) is 18.9. The van der Waals surface area contributed by atoms with E-state index in [9.17, 15) is 4.79 Å². The molecule has 3 rings (SSSR count). The number of hydrogen-bond donors (Lipinski definition) is 1. The van der Waals surface area contributed by atoms with Crippen molar-refractivity contribution in [2.24, 2.45) is 0 Å². The van der Waals surface area contributed by atoms with Gasteiger partial charge in [0.05, 0.1) is 5.52 Å². The number of halogens is 1. The van der Waals surface area contributed by atoms with Crippen molar-refractivity contribution in [2.45, 2.75) is 6.42 Å². The Bertz CT molecular complexity index is 941. The van der Waals surface area contributed by atoms with Crippen LogP contribution in [0, 0.1) is 0 Å². The van der Waals surface area contributed by atoms with Crippen LogP contribution in [0.1, 0.15) is 12.0 Å². The maximum atomic E-state index is 12.2. The van der Waals surface area contributed by atoms with Gasteiger partial charge in [-0.25, -0.2) is 0 Å². The molecule has 0 fully saturated rings. The average molecular weight is 380 g/mol. The minimum Gasteiger partial charge on any atom is -0.384 e. The summed E-state index contributed by atoms with van der Waals surface area (Å²) in [5, 5.41) is 5.14. The molecule has 138 valence electrons. The van der Waals surface area contributed by atoms with Crippen molar-refractivity contribution in [1.29, 1.82) is 0 Å². The van der Waals surface area contributed by atoms with Crippen molar-refractivity contribution in [3.05, 3.63) is 77.5 Å². The normalized spacial score (nSPS) is 11.0. The lowest BCUT2D eigenvalue weighted by atomic mass is 10.2. The van der Waals surface area contributed by atoms with Gasteiger partial charge >= 0.3 is 0 Å². The minimum atomic E-state index is 0.00264. The highest BCUT2D eigenvalue weighted by atomic mass is 35.5. The van der Waals surface area contributed by atoms with Crippen LogP contribution in [0.15, 0.2) is 66.9 Å². The Kier molecular flexibility index (Phi) is 6.44. The number of benzene rings is 2. The molecule has 0 saturated heterocycles. The lowest BCUT2D eigenvalue weighted by Crippen LogP contribution is -2.27. The molecule has 0 atom stereocenters. The maximum absolute atomic E-state index is 12.2. The van der Waals surface area contributed by atoms with Crippen molar-refractivity contribution in [3.8, 4) is 0 Å². The Morgan fingerprint density at radius 2 is 2.00 bits per heavy atom. The first-order valence-electron chi connectivity index (χ1n) is 8.90. The number of aromatic nitrogens is 1. The number of anilines is 1. The molecule has 0 radical (unpaired) electrons. The van der Waals surface area contributed by atoms with Crippen LogP contribution in [0.4, 0.5) is 5.69 Å². The molecule has 0 spiro atoms. The summed E-state index contributed by atoms with van der Waals surface area (Å²) < 4.78 is 0. The zero-order valence-electron chi connectivity index (χ0n) is 15.2. The first-order valence-corrected chi connectivity index (χ1v) is 9.27. The topological polar surface area (TPSA) is 45.2 Å². The fourth-order valence-corrected chi connectivity index (χ4v) is 2.95. The number of nitrogens with one attached hydrogen (secondary N) is 1. The van der Waals surface area contributed by atoms with Crippen molar-refractivity contribution in [3.63, 3.8) is 0 Å². The SMILES string of the molecule is CN(CCCNc1ccnc2cc(Cl)ccc12)C(=O)/C=C/c1ccccc1. The van der Waals surface area contributed by atoms with Crippen molar-refractivity contribution in [1.82, 2.24) is 9.88 Å². The maximum Gasteiger partial charge on any atom is 0.246 e. The number of carbonyl (C=O) groups excluding carboxylic acids is 1. The number of rotatable bonds is 7. The minimum absolute atomic E-state index is 0.00264. The number of likely N-dealkylation sites (N-methyl/N-ethyl adjacent to an activating group) is 1. The molecular formula is C22H22ClN3O. The van der Waals surface area contributed by atoms with Gasteiger partial charge in [0.25, 0.3) is 0 Å². The smallest absolute Gasteiger partial charge is 0.246 e. The summed E-state index contributed by atoms with van der Waals surface area (Å²) in [6.07, 6.45) is 6.07. The van der Waals surface area contributed by atoms with E-state index >= 15 is 0 Å². The summed E-state index contributed by atoms with van der Waals surface area (Å²) in [4.78, 5) is 18.3. The molecule has 1 N–H and O–H groups in total. The number of amides is 1. The van der Waals surface area contributed by atoms with Crippen LogP contribution in [0.2, 0.25) is 5.02 Å². The van der Waals surface area contributed by atoms with Gasteiger partial charge in [0, 0.05) is 48.5 Å². The van der Waals surface area contributed by atoms with Crippen molar-refractivity contribution >= 4 is 40.2 Å². The third kappa shape index (κ3) is 5.31. The van der Waals surface area contributed by atoms with Gasteiger partial charge in [0.15, 0.2) is 0 Å². The molecule has 1 aromatic heterocycles. The predicted molar refractivity (Wildman–Crippen MR) is 113 cm³/mol. The van der Waals surface area contributed by atoms with E-state index in [1.165, 1.54) is 0 Å².